The predicted octanol–water partition coefficient (Wildman–Crippen LogP) is 1.41. The van der Waals surface area contributed by atoms with Crippen molar-refractivity contribution in [1.82, 2.24) is 9.55 Å². The summed E-state index contributed by atoms with van der Waals surface area (Å²) in [6, 6.07) is 0. The Hall–Kier alpha value is -2.06. The van der Waals surface area contributed by atoms with Gasteiger partial charge in [0.25, 0.3) is 0 Å². The summed E-state index contributed by atoms with van der Waals surface area (Å²) < 4.78 is 6.33. The Morgan fingerprint density at radius 3 is 2.73 bits per heavy atom. The number of aliphatic carboxylic acids is 1. The van der Waals surface area contributed by atoms with E-state index in [1.165, 1.54) is 11.0 Å². The lowest BCUT2D eigenvalue weighted by Crippen LogP contribution is -2.27. The molecular formula is C18H28N2O6. The van der Waals surface area contributed by atoms with Crippen molar-refractivity contribution < 1.29 is 24.9 Å². The van der Waals surface area contributed by atoms with Crippen LogP contribution in [0.1, 0.15) is 44.2 Å². The number of aromatic hydroxyl groups is 1. The van der Waals surface area contributed by atoms with Gasteiger partial charge in [0, 0.05) is 13.0 Å². The lowest BCUT2D eigenvalue weighted by molar-refractivity contribution is -0.141. The van der Waals surface area contributed by atoms with E-state index in [0.717, 1.165) is 25.7 Å². The Morgan fingerprint density at radius 2 is 2.04 bits per heavy atom. The van der Waals surface area contributed by atoms with Crippen molar-refractivity contribution in [2.75, 3.05) is 13.2 Å². The molecule has 0 aromatic carbocycles. The van der Waals surface area contributed by atoms with Crippen molar-refractivity contribution in [1.29, 1.82) is 0 Å². The molecule has 1 aromatic heterocycles. The number of nitrogens with zero attached hydrogens (tertiary/aromatic N) is 1. The molecular weight excluding hydrogens is 340 g/mol. The van der Waals surface area contributed by atoms with Crippen LogP contribution in [0.2, 0.25) is 0 Å². The highest BCUT2D eigenvalue weighted by Gasteiger charge is 2.22. The number of hydrogen-bond donors (Lipinski definition) is 4. The number of nitrogens with one attached hydrogen (secondary N) is 1. The third-order valence-electron chi connectivity index (χ3n) is 4.83. The van der Waals surface area contributed by atoms with Gasteiger partial charge in [0.15, 0.2) is 0 Å². The largest absolute Gasteiger partial charge is 0.493 e. The third-order valence-corrected chi connectivity index (χ3v) is 4.83. The van der Waals surface area contributed by atoms with Gasteiger partial charge in [-0.15, -0.1) is 0 Å². The fourth-order valence-corrected chi connectivity index (χ4v) is 3.43. The van der Waals surface area contributed by atoms with Gasteiger partial charge in [0.1, 0.15) is 6.61 Å². The Balaban J connectivity index is 1.88. The molecule has 0 amide bonds. The van der Waals surface area contributed by atoms with Crippen molar-refractivity contribution in [2.24, 2.45) is 5.92 Å². The van der Waals surface area contributed by atoms with Crippen LogP contribution in [0, 0.1) is 5.92 Å². The summed E-state index contributed by atoms with van der Waals surface area (Å²) in [4.78, 5) is 24.7. The number of allylic oxidation sites excluding steroid dienone is 1. The summed E-state index contributed by atoms with van der Waals surface area (Å²) in [5, 5.41) is 28.8. The zero-order valence-corrected chi connectivity index (χ0v) is 14.9. The van der Waals surface area contributed by atoms with Crippen LogP contribution in [0.15, 0.2) is 16.9 Å². The predicted molar refractivity (Wildman–Crippen MR) is 95.2 cm³/mol. The van der Waals surface area contributed by atoms with Crippen molar-refractivity contribution in [3.63, 3.8) is 0 Å². The van der Waals surface area contributed by atoms with E-state index in [1.54, 1.807) is 12.2 Å². The van der Waals surface area contributed by atoms with Gasteiger partial charge in [-0.1, -0.05) is 31.4 Å². The molecule has 146 valence electrons. The first-order valence-corrected chi connectivity index (χ1v) is 9.12. The van der Waals surface area contributed by atoms with E-state index < -0.39 is 17.8 Å². The van der Waals surface area contributed by atoms with Crippen LogP contribution in [-0.2, 0) is 22.5 Å². The van der Waals surface area contributed by atoms with Crippen LogP contribution in [0.25, 0.3) is 0 Å². The molecule has 1 heterocycles. The molecule has 4 N–H and O–H groups in total. The van der Waals surface area contributed by atoms with E-state index in [9.17, 15) is 19.8 Å². The SMILES string of the molecule is O=C(O)COCC=CCc1c(O)[nH]c(=O)n1CCC(O)C1CCCCC1. The molecule has 8 heteroatoms. The second-order valence-corrected chi connectivity index (χ2v) is 6.72. The number of ether oxygens (including phenoxy) is 1. The van der Waals surface area contributed by atoms with Crippen LogP contribution in [-0.4, -0.2) is 50.2 Å². The number of aliphatic hydroxyl groups excluding tert-OH is 1. The van der Waals surface area contributed by atoms with Gasteiger partial charge in [-0.05, 0) is 25.2 Å². The maximum atomic E-state index is 12.0. The van der Waals surface area contributed by atoms with Gasteiger partial charge in [0.2, 0.25) is 5.88 Å². The molecule has 2 rings (SSSR count). The fraction of sp³-hybridized carbons (Fsp3) is 0.667. The normalized spacial score (nSPS) is 17.0. The molecule has 1 fully saturated rings. The topological polar surface area (TPSA) is 125 Å². The average Bonchev–Trinajstić information content (AvgIpc) is 2.89. The van der Waals surface area contributed by atoms with Crippen molar-refractivity contribution in [3.8, 4) is 5.88 Å². The summed E-state index contributed by atoms with van der Waals surface area (Å²) in [6.07, 6.45) is 9.26. The van der Waals surface area contributed by atoms with Crippen molar-refractivity contribution >= 4 is 5.97 Å². The number of carboxylic acid groups (broad SMARTS) is 1. The second kappa shape index (κ2) is 10.2. The van der Waals surface area contributed by atoms with Gasteiger partial charge in [-0.2, -0.15) is 0 Å². The van der Waals surface area contributed by atoms with E-state index in [-0.39, 0.29) is 19.1 Å². The Kier molecular flexibility index (Phi) is 7.93. The number of aromatic amines is 1. The molecule has 0 aliphatic heterocycles. The minimum atomic E-state index is -1.04. The molecule has 0 saturated heterocycles. The highest BCUT2D eigenvalue weighted by Crippen LogP contribution is 2.28. The lowest BCUT2D eigenvalue weighted by atomic mass is 9.84. The number of hydrogen-bond acceptors (Lipinski definition) is 5. The lowest BCUT2D eigenvalue weighted by Gasteiger charge is -2.26. The third kappa shape index (κ3) is 6.03. The Labute approximate surface area is 152 Å². The number of aliphatic hydroxyl groups is 1. The molecule has 1 aromatic rings. The molecule has 0 radical (unpaired) electrons. The van der Waals surface area contributed by atoms with E-state index in [2.05, 4.69) is 4.98 Å². The standard InChI is InChI=1S/C18H28N2O6/c21-15(13-6-2-1-3-7-13)9-10-20-14(17(24)19-18(20)25)8-4-5-11-26-12-16(22)23/h4-5,13,15,21,24H,1-3,6-12H2,(H,19,25)(H,22,23). The number of carboxylic acids is 1. The first kappa shape index (κ1) is 20.3. The number of rotatable bonds is 10. The van der Waals surface area contributed by atoms with Crippen LogP contribution < -0.4 is 5.69 Å². The minimum absolute atomic E-state index is 0.141. The quantitative estimate of drug-likeness (QED) is 0.366. The second-order valence-electron chi connectivity index (χ2n) is 6.72. The monoisotopic (exact) mass is 368 g/mol. The summed E-state index contributed by atoms with van der Waals surface area (Å²) >= 11 is 0. The first-order valence-electron chi connectivity index (χ1n) is 9.12. The van der Waals surface area contributed by atoms with Crippen molar-refractivity contribution in [3.05, 3.63) is 28.3 Å². The number of aromatic nitrogens is 2. The zero-order chi connectivity index (χ0) is 18.9. The molecule has 1 saturated carbocycles. The van der Waals surface area contributed by atoms with Crippen LogP contribution in [0.3, 0.4) is 0 Å². The molecule has 0 spiro atoms. The number of imidazole rings is 1. The van der Waals surface area contributed by atoms with Gasteiger partial charge in [0.05, 0.1) is 18.4 Å². The molecule has 0 bridgehead atoms. The van der Waals surface area contributed by atoms with Gasteiger partial charge >= 0.3 is 11.7 Å². The van der Waals surface area contributed by atoms with E-state index in [1.807, 2.05) is 0 Å². The number of H-pyrrole nitrogens is 1. The van der Waals surface area contributed by atoms with Crippen LogP contribution >= 0.6 is 0 Å². The van der Waals surface area contributed by atoms with Gasteiger partial charge < -0.3 is 20.1 Å². The molecule has 1 atom stereocenters. The smallest absolute Gasteiger partial charge is 0.329 e. The van der Waals surface area contributed by atoms with E-state index >= 15 is 0 Å². The van der Waals surface area contributed by atoms with Gasteiger partial charge in [-0.3, -0.25) is 9.55 Å². The highest BCUT2D eigenvalue weighted by atomic mass is 16.5. The number of carbonyl (C=O) groups is 1. The Bertz CT molecular complexity index is 657. The summed E-state index contributed by atoms with van der Waals surface area (Å²) in [7, 11) is 0. The molecule has 26 heavy (non-hydrogen) atoms. The fourth-order valence-electron chi connectivity index (χ4n) is 3.43. The summed E-state index contributed by atoms with van der Waals surface area (Å²) in [6.45, 7) is 0.109. The van der Waals surface area contributed by atoms with Crippen LogP contribution in [0.4, 0.5) is 0 Å². The molecule has 1 unspecified atom stereocenters. The summed E-state index contributed by atoms with van der Waals surface area (Å²) in [5.41, 5.74) is 0.0456. The van der Waals surface area contributed by atoms with Crippen molar-refractivity contribution in [2.45, 2.75) is 57.6 Å². The first-order chi connectivity index (χ1) is 12.5. The minimum Gasteiger partial charge on any atom is -0.493 e. The molecule has 8 nitrogen and oxygen atoms in total. The van der Waals surface area contributed by atoms with Crippen LogP contribution in [0.5, 0.6) is 5.88 Å². The Morgan fingerprint density at radius 1 is 1.31 bits per heavy atom. The molecule has 1 aliphatic rings. The highest BCUT2D eigenvalue weighted by molar-refractivity contribution is 5.67. The van der Waals surface area contributed by atoms with E-state index in [4.69, 9.17) is 9.84 Å². The zero-order valence-electron chi connectivity index (χ0n) is 14.9. The average molecular weight is 368 g/mol. The summed E-state index contributed by atoms with van der Waals surface area (Å²) in [5.74, 6) is -0.924. The van der Waals surface area contributed by atoms with E-state index in [0.29, 0.717) is 31.0 Å². The van der Waals surface area contributed by atoms with Gasteiger partial charge in [-0.25, -0.2) is 9.59 Å². The molecule has 1 aliphatic carbocycles. The maximum absolute atomic E-state index is 12.0. The maximum Gasteiger partial charge on any atom is 0.329 e.